The first kappa shape index (κ1) is 16.3. The van der Waals surface area contributed by atoms with Gasteiger partial charge in [0.05, 0.1) is 5.71 Å². The molecule has 0 fully saturated rings. The summed E-state index contributed by atoms with van der Waals surface area (Å²) in [5.41, 5.74) is 5.21. The number of ketones is 1. The number of aromatic nitrogens is 1. The molecule has 130 valence electrons. The molecule has 1 aromatic carbocycles. The Morgan fingerprint density at radius 3 is 2.96 bits per heavy atom. The Morgan fingerprint density at radius 1 is 1.08 bits per heavy atom. The second-order valence-electron chi connectivity index (χ2n) is 6.35. The van der Waals surface area contributed by atoms with Gasteiger partial charge >= 0.3 is 0 Å². The van der Waals surface area contributed by atoms with Crippen molar-refractivity contribution < 1.29 is 9.53 Å². The lowest BCUT2D eigenvalue weighted by molar-refractivity contribution is -0.121. The fraction of sp³-hybridized carbons (Fsp3) is 0.182. The topological polar surface area (TPSA) is 54.5 Å². The van der Waals surface area contributed by atoms with Crippen LogP contribution in [0, 0.1) is 0 Å². The van der Waals surface area contributed by atoms with Gasteiger partial charge in [-0.2, -0.15) is 0 Å². The molecule has 0 unspecified atom stereocenters. The number of nitrogens with zero attached hydrogens (tertiary/aromatic N) is 1. The predicted molar refractivity (Wildman–Crippen MR) is 105 cm³/mol. The fourth-order valence-electron chi connectivity index (χ4n) is 3.12. The zero-order valence-corrected chi connectivity index (χ0v) is 14.4. The number of hydrogen-bond donors (Lipinski definition) is 1. The summed E-state index contributed by atoms with van der Waals surface area (Å²) < 4.78 is 5.70. The van der Waals surface area contributed by atoms with Crippen LogP contribution in [0.15, 0.2) is 59.8 Å². The summed E-state index contributed by atoms with van der Waals surface area (Å²) in [7, 11) is 0. The van der Waals surface area contributed by atoms with Gasteiger partial charge in [0.25, 0.3) is 0 Å². The van der Waals surface area contributed by atoms with E-state index in [-0.39, 0.29) is 12.4 Å². The molecule has 4 nitrogen and oxygen atoms in total. The quantitative estimate of drug-likeness (QED) is 0.767. The van der Waals surface area contributed by atoms with E-state index in [1.165, 1.54) is 0 Å². The third-order valence-corrected chi connectivity index (χ3v) is 4.47. The Kier molecular flexibility index (Phi) is 4.65. The maximum Gasteiger partial charge on any atom is 0.170 e. The minimum Gasteiger partial charge on any atom is -0.486 e. The number of ether oxygens (including phenoxy) is 1. The summed E-state index contributed by atoms with van der Waals surface area (Å²) in [5.74, 6) is 0.807. The van der Waals surface area contributed by atoms with Crippen LogP contribution in [0.25, 0.3) is 23.3 Å². The second kappa shape index (κ2) is 7.40. The number of allylic oxidation sites excluding steroid dienone is 4. The van der Waals surface area contributed by atoms with Gasteiger partial charge in [0.1, 0.15) is 12.4 Å². The molecule has 0 saturated carbocycles. The Morgan fingerprint density at radius 2 is 2.00 bits per heavy atom. The third-order valence-electron chi connectivity index (χ3n) is 4.47. The summed E-state index contributed by atoms with van der Waals surface area (Å²) in [4.78, 5) is 20.0. The van der Waals surface area contributed by atoms with Gasteiger partial charge < -0.3 is 9.72 Å². The molecule has 4 rings (SSSR count). The van der Waals surface area contributed by atoms with Gasteiger partial charge in [0.15, 0.2) is 5.78 Å². The molecule has 0 atom stereocenters. The molecule has 6 bridgehead atoms. The van der Waals surface area contributed by atoms with Crippen LogP contribution in [0.1, 0.15) is 24.1 Å². The van der Waals surface area contributed by atoms with E-state index in [1.54, 1.807) is 0 Å². The van der Waals surface area contributed by atoms with E-state index >= 15 is 0 Å². The minimum atomic E-state index is 0.0981. The van der Waals surface area contributed by atoms with Crippen molar-refractivity contribution in [3.05, 3.63) is 66.0 Å². The number of carbonyl (C=O) groups excluding carboxylic acids is 1. The molecule has 26 heavy (non-hydrogen) atoms. The van der Waals surface area contributed by atoms with E-state index in [1.807, 2.05) is 54.8 Å². The highest BCUT2D eigenvalue weighted by Crippen LogP contribution is 2.31. The normalized spacial score (nSPS) is 19.2. The second-order valence-corrected chi connectivity index (χ2v) is 6.35. The van der Waals surface area contributed by atoms with Gasteiger partial charge in [-0.25, -0.2) is 0 Å². The van der Waals surface area contributed by atoms with Crippen LogP contribution in [0.4, 0.5) is 0 Å². The molecule has 1 aromatic heterocycles. The predicted octanol–water partition coefficient (Wildman–Crippen LogP) is 4.46. The highest BCUT2D eigenvalue weighted by atomic mass is 16.5. The zero-order chi connectivity index (χ0) is 17.8. The van der Waals surface area contributed by atoms with Crippen LogP contribution in [0.3, 0.4) is 0 Å². The van der Waals surface area contributed by atoms with E-state index in [0.717, 1.165) is 34.5 Å². The summed E-state index contributed by atoms with van der Waals surface area (Å²) in [5, 5.41) is 0. The van der Waals surface area contributed by atoms with E-state index in [0.29, 0.717) is 18.7 Å². The number of Topliss-reactive ketones (excluding diaryl/α,β-unsaturated/α-hetero) is 1. The van der Waals surface area contributed by atoms with Crippen molar-refractivity contribution in [1.82, 2.24) is 4.98 Å². The largest absolute Gasteiger partial charge is 0.486 e. The van der Waals surface area contributed by atoms with Crippen LogP contribution in [0.5, 0.6) is 5.75 Å². The van der Waals surface area contributed by atoms with Gasteiger partial charge in [0.2, 0.25) is 0 Å². The van der Waals surface area contributed by atoms with E-state index in [2.05, 4.69) is 22.1 Å². The summed E-state index contributed by atoms with van der Waals surface area (Å²) in [6.45, 7) is 0.725. The molecule has 2 aromatic rings. The molecule has 2 aliphatic rings. The van der Waals surface area contributed by atoms with Crippen LogP contribution in [-0.4, -0.2) is 29.6 Å². The number of rotatable bonds is 0. The first-order valence-corrected chi connectivity index (χ1v) is 8.83. The van der Waals surface area contributed by atoms with Gasteiger partial charge in [0, 0.05) is 36.0 Å². The zero-order valence-electron chi connectivity index (χ0n) is 14.4. The summed E-state index contributed by atoms with van der Waals surface area (Å²) in [6, 6.07) is 7.87. The molecular weight excluding hydrogens is 324 g/mol. The molecule has 1 aliphatic carbocycles. The number of aliphatic imine (C=N–C) groups is 1. The van der Waals surface area contributed by atoms with Crippen molar-refractivity contribution >= 4 is 23.6 Å². The molecule has 2 heterocycles. The van der Waals surface area contributed by atoms with Gasteiger partial charge in [-0.3, -0.25) is 9.79 Å². The summed E-state index contributed by atoms with van der Waals surface area (Å²) in [6.07, 6.45) is 15.4. The number of carbonyl (C=O) groups is 1. The fourth-order valence-corrected chi connectivity index (χ4v) is 3.12. The maximum atomic E-state index is 12.0. The standard InChI is InChI=1S/C22H20N2O2/c25-18-7-4-12-23-17-6-1-2-9-20-21(14-24-22(20)11-10-17)16-5-3-8-19(13-16)26-15-18/h1-3,5-6,8-11,13-14,24H,4,7,12,15H2/b6-1-,9-2-,11-10?,23-17?. The molecule has 0 saturated heterocycles. The summed E-state index contributed by atoms with van der Waals surface area (Å²) >= 11 is 0. The van der Waals surface area contributed by atoms with Crippen molar-refractivity contribution in [2.24, 2.45) is 4.99 Å². The average Bonchev–Trinajstić information content (AvgIpc) is 3.09. The van der Waals surface area contributed by atoms with Crippen LogP contribution >= 0.6 is 0 Å². The number of aromatic amines is 1. The van der Waals surface area contributed by atoms with Crippen molar-refractivity contribution in [1.29, 1.82) is 0 Å². The number of fused-ring (bicyclic) bond motifs is 4. The molecule has 0 spiro atoms. The molecule has 4 heteroatoms. The molecule has 1 aliphatic heterocycles. The first-order valence-electron chi connectivity index (χ1n) is 8.83. The Bertz CT molecular complexity index is 945. The number of H-pyrrole nitrogens is 1. The highest BCUT2D eigenvalue weighted by Gasteiger charge is 2.11. The third kappa shape index (κ3) is 3.59. The van der Waals surface area contributed by atoms with Crippen LogP contribution < -0.4 is 4.74 Å². The minimum absolute atomic E-state index is 0.0981. The van der Waals surface area contributed by atoms with Gasteiger partial charge in [-0.15, -0.1) is 0 Å². The number of nitrogens with one attached hydrogen (secondary N) is 1. The van der Waals surface area contributed by atoms with Crippen molar-refractivity contribution in [3.8, 4) is 16.9 Å². The SMILES string of the molecule is O=C1CCCN=C2C=Cc3[nH]cc(c3/C=C\C=C/2)-c2cccc(c2)OC1. The van der Waals surface area contributed by atoms with Crippen molar-refractivity contribution in [2.45, 2.75) is 12.8 Å². The van der Waals surface area contributed by atoms with Crippen LogP contribution in [0.2, 0.25) is 0 Å². The van der Waals surface area contributed by atoms with Crippen molar-refractivity contribution in [3.63, 3.8) is 0 Å². The van der Waals surface area contributed by atoms with E-state index in [4.69, 9.17) is 4.74 Å². The van der Waals surface area contributed by atoms with E-state index in [9.17, 15) is 4.79 Å². The number of benzene rings is 1. The average molecular weight is 344 g/mol. The lowest BCUT2D eigenvalue weighted by atomic mass is 10.0. The number of hydrogen-bond acceptors (Lipinski definition) is 3. The first-order chi connectivity index (χ1) is 12.8. The van der Waals surface area contributed by atoms with Gasteiger partial charge in [-0.1, -0.05) is 30.4 Å². The highest BCUT2D eigenvalue weighted by molar-refractivity contribution is 6.07. The van der Waals surface area contributed by atoms with Crippen LogP contribution in [-0.2, 0) is 4.79 Å². The Balaban J connectivity index is 1.83. The molecule has 1 N–H and O–H groups in total. The van der Waals surface area contributed by atoms with Gasteiger partial charge in [-0.05, 0) is 42.3 Å². The molecule has 0 amide bonds. The van der Waals surface area contributed by atoms with E-state index < -0.39 is 0 Å². The Hall–Kier alpha value is -3.14. The monoisotopic (exact) mass is 344 g/mol. The smallest absolute Gasteiger partial charge is 0.170 e. The lowest BCUT2D eigenvalue weighted by Crippen LogP contribution is -2.11. The molecule has 0 radical (unpaired) electrons. The Labute approximate surface area is 152 Å². The lowest BCUT2D eigenvalue weighted by Gasteiger charge is -2.08. The van der Waals surface area contributed by atoms with Crippen molar-refractivity contribution in [2.75, 3.05) is 13.2 Å². The maximum absolute atomic E-state index is 12.0. The molecular formula is C22H20N2O2.